The molecule has 12 heteroatoms. The molecule has 3 aromatic rings. The smallest absolute Gasteiger partial charge is 0.326 e. The fourth-order valence-corrected chi connectivity index (χ4v) is 4.89. The molecule has 4 atom stereocenters. The van der Waals surface area contributed by atoms with Crippen LogP contribution in [0.5, 0.6) is 0 Å². The predicted molar refractivity (Wildman–Crippen MR) is 149 cm³/mol. The van der Waals surface area contributed by atoms with E-state index in [0.717, 1.165) is 22.9 Å². The molecule has 1 saturated heterocycles. The third kappa shape index (κ3) is 7.92. The lowest BCUT2D eigenvalue weighted by Gasteiger charge is -2.25. The summed E-state index contributed by atoms with van der Waals surface area (Å²) in [6.45, 7) is 0.696. The van der Waals surface area contributed by atoms with Gasteiger partial charge in [-0.3, -0.25) is 19.2 Å². The van der Waals surface area contributed by atoms with Crippen LogP contribution in [-0.2, 0) is 36.8 Å². The number of rotatable bonds is 13. The van der Waals surface area contributed by atoms with E-state index < -0.39 is 54.3 Å². The molecule has 1 aliphatic heterocycles. The molecule has 1 aromatic heterocycles. The minimum absolute atomic E-state index is 0.0167. The van der Waals surface area contributed by atoms with Crippen LogP contribution in [0.25, 0.3) is 10.9 Å². The number of nitrogens with one attached hydrogen (secondary N) is 5. The van der Waals surface area contributed by atoms with Crippen molar-refractivity contribution in [3.8, 4) is 0 Å². The van der Waals surface area contributed by atoms with E-state index in [9.17, 15) is 29.1 Å². The Morgan fingerprint density at radius 2 is 1.49 bits per heavy atom. The maximum Gasteiger partial charge on any atom is 0.326 e. The highest BCUT2D eigenvalue weighted by atomic mass is 16.4. The van der Waals surface area contributed by atoms with E-state index in [4.69, 9.17) is 5.11 Å². The quantitative estimate of drug-likeness (QED) is 0.158. The summed E-state index contributed by atoms with van der Waals surface area (Å²) >= 11 is 0. The van der Waals surface area contributed by atoms with Gasteiger partial charge in [0.1, 0.15) is 18.1 Å². The topological polar surface area (TPSA) is 190 Å². The Balaban J connectivity index is 1.59. The zero-order valence-corrected chi connectivity index (χ0v) is 22.3. The molecule has 0 spiro atoms. The standard InChI is InChI=1S/C29H33N5O7/c35-25(36)15-24(29(40)41)34-28(39)23(14-18-16-31-20-10-5-4-9-19(18)20)33-27(38)22(13-17-7-2-1-3-8-17)32-26(37)21-11-6-12-30-21/h1-5,7-10,16,21-24,30-31H,6,11-15H2,(H,32,37)(H,33,38)(H,34,39)(H,35,36)(H,40,41). The van der Waals surface area contributed by atoms with Crippen LogP contribution in [0, 0.1) is 0 Å². The lowest BCUT2D eigenvalue weighted by Crippen LogP contribution is -2.58. The number of aromatic nitrogens is 1. The maximum atomic E-state index is 13.7. The molecule has 1 fully saturated rings. The molecule has 3 amide bonds. The van der Waals surface area contributed by atoms with Crippen molar-refractivity contribution in [2.24, 2.45) is 0 Å². The fourth-order valence-electron chi connectivity index (χ4n) is 4.89. The molecule has 1 aliphatic rings. The average molecular weight is 564 g/mol. The van der Waals surface area contributed by atoms with Gasteiger partial charge in [0, 0.05) is 29.9 Å². The fraction of sp³-hybridized carbons (Fsp3) is 0.345. The SMILES string of the molecule is O=C(O)CC(NC(=O)C(Cc1c[nH]c2ccccc12)NC(=O)C(Cc1ccccc1)NC(=O)C1CCCN1)C(=O)O. The first kappa shape index (κ1) is 29.3. The Bertz CT molecular complexity index is 1400. The van der Waals surface area contributed by atoms with Crippen molar-refractivity contribution in [3.05, 3.63) is 71.9 Å². The van der Waals surface area contributed by atoms with Crippen molar-refractivity contribution < 1.29 is 34.2 Å². The first-order chi connectivity index (χ1) is 19.7. The van der Waals surface area contributed by atoms with E-state index in [0.29, 0.717) is 18.5 Å². The summed E-state index contributed by atoms with van der Waals surface area (Å²) in [6, 6.07) is 12.0. The van der Waals surface area contributed by atoms with Crippen LogP contribution in [0.15, 0.2) is 60.8 Å². The zero-order valence-electron chi connectivity index (χ0n) is 22.3. The van der Waals surface area contributed by atoms with Gasteiger partial charge in [-0.05, 0) is 36.6 Å². The van der Waals surface area contributed by atoms with Gasteiger partial charge in [-0.1, -0.05) is 48.5 Å². The van der Waals surface area contributed by atoms with E-state index in [1.54, 1.807) is 6.20 Å². The number of carboxylic acid groups (broad SMARTS) is 2. The summed E-state index contributed by atoms with van der Waals surface area (Å²) in [5, 5.41) is 30.2. The van der Waals surface area contributed by atoms with Gasteiger partial charge in [-0.15, -0.1) is 0 Å². The molecule has 4 unspecified atom stereocenters. The van der Waals surface area contributed by atoms with Gasteiger partial charge in [-0.25, -0.2) is 4.79 Å². The Kier molecular flexibility index (Phi) is 9.69. The number of carboxylic acids is 2. The summed E-state index contributed by atoms with van der Waals surface area (Å²) in [6.07, 6.45) is 2.47. The number of benzene rings is 2. The van der Waals surface area contributed by atoms with Crippen LogP contribution in [0.4, 0.5) is 0 Å². The number of carbonyl (C=O) groups excluding carboxylic acids is 3. The Hall–Kier alpha value is -4.71. The van der Waals surface area contributed by atoms with Crippen molar-refractivity contribution >= 4 is 40.6 Å². The van der Waals surface area contributed by atoms with E-state index >= 15 is 0 Å². The maximum absolute atomic E-state index is 13.7. The molecule has 4 rings (SSSR count). The molecule has 12 nitrogen and oxygen atoms in total. The van der Waals surface area contributed by atoms with Gasteiger partial charge in [0.05, 0.1) is 12.5 Å². The van der Waals surface area contributed by atoms with Crippen molar-refractivity contribution in [1.29, 1.82) is 0 Å². The van der Waals surface area contributed by atoms with Crippen LogP contribution in [0.2, 0.25) is 0 Å². The molecule has 0 saturated carbocycles. The highest BCUT2D eigenvalue weighted by Crippen LogP contribution is 2.19. The van der Waals surface area contributed by atoms with Gasteiger partial charge >= 0.3 is 11.9 Å². The molecular weight excluding hydrogens is 530 g/mol. The number of para-hydroxylation sites is 1. The van der Waals surface area contributed by atoms with Crippen molar-refractivity contribution in [3.63, 3.8) is 0 Å². The van der Waals surface area contributed by atoms with E-state index in [1.165, 1.54) is 0 Å². The monoisotopic (exact) mass is 563 g/mol. The van der Waals surface area contributed by atoms with E-state index in [-0.39, 0.29) is 18.7 Å². The number of hydrogen-bond donors (Lipinski definition) is 7. The van der Waals surface area contributed by atoms with Crippen molar-refractivity contribution in [1.82, 2.24) is 26.3 Å². The van der Waals surface area contributed by atoms with Gasteiger partial charge < -0.3 is 36.5 Å². The number of aliphatic carboxylic acids is 2. The average Bonchev–Trinajstić information content (AvgIpc) is 3.63. The van der Waals surface area contributed by atoms with Gasteiger partial charge in [0.2, 0.25) is 17.7 Å². The first-order valence-electron chi connectivity index (χ1n) is 13.4. The summed E-state index contributed by atoms with van der Waals surface area (Å²) in [4.78, 5) is 65.9. The van der Waals surface area contributed by atoms with Crippen LogP contribution >= 0.6 is 0 Å². The minimum Gasteiger partial charge on any atom is -0.481 e. The summed E-state index contributed by atoms with van der Waals surface area (Å²) in [5.41, 5.74) is 2.28. The minimum atomic E-state index is -1.70. The van der Waals surface area contributed by atoms with E-state index in [2.05, 4.69) is 26.3 Å². The van der Waals surface area contributed by atoms with Gasteiger partial charge in [-0.2, -0.15) is 0 Å². The lowest BCUT2D eigenvalue weighted by molar-refractivity contribution is -0.147. The van der Waals surface area contributed by atoms with Crippen molar-refractivity contribution in [2.75, 3.05) is 6.54 Å². The second-order valence-electron chi connectivity index (χ2n) is 10.0. The normalized spacial score (nSPS) is 16.8. The number of amides is 3. The second-order valence-corrected chi connectivity index (χ2v) is 10.0. The molecule has 2 aromatic carbocycles. The Morgan fingerprint density at radius 3 is 2.15 bits per heavy atom. The first-order valence-corrected chi connectivity index (χ1v) is 13.4. The number of aromatic amines is 1. The Labute approximate surface area is 235 Å². The number of carbonyl (C=O) groups is 5. The molecule has 0 bridgehead atoms. The summed E-state index contributed by atoms with van der Waals surface area (Å²) in [5.74, 6) is -4.74. The van der Waals surface area contributed by atoms with Crippen LogP contribution in [0.3, 0.4) is 0 Å². The molecule has 7 N–H and O–H groups in total. The molecule has 0 radical (unpaired) electrons. The second kappa shape index (κ2) is 13.6. The third-order valence-corrected chi connectivity index (χ3v) is 7.02. The zero-order chi connectivity index (χ0) is 29.4. The molecular formula is C29H33N5O7. The third-order valence-electron chi connectivity index (χ3n) is 7.02. The molecule has 216 valence electrons. The van der Waals surface area contributed by atoms with Gasteiger partial charge in [0.25, 0.3) is 0 Å². The highest BCUT2D eigenvalue weighted by Gasteiger charge is 2.32. The van der Waals surface area contributed by atoms with Crippen molar-refractivity contribution in [2.45, 2.75) is 56.3 Å². The van der Waals surface area contributed by atoms with E-state index in [1.807, 2.05) is 54.6 Å². The molecule has 41 heavy (non-hydrogen) atoms. The number of fused-ring (bicyclic) bond motifs is 1. The molecule has 0 aliphatic carbocycles. The van der Waals surface area contributed by atoms with Crippen LogP contribution in [0.1, 0.15) is 30.4 Å². The van der Waals surface area contributed by atoms with Crippen LogP contribution in [-0.4, -0.2) is 75.6 Å². The van der Waals surface area contributed by atoms with Gasteiger partial charge in [0.15, 0.2) is 0 Å². The lowest BCUT2D eigenvalue weighted by atomic mass is 10.0. The summed E-state index contributed by atoms with van der Waals surface area (Å²) < 4.78 is 0. The largest absolute Gasteiger partial charge is 0.481 e. The van der Waals surface area contributed by atoms with Crippen LogP contribution < -0.4 is 21.3 Å². The summed E-state index contributed by atoms with van der Waals surface area (Å²) in [7, 11) is 0. The Morgan fingerprint density at radius 1 is 0.829 bits per heavy atom. The molecule has 2 heterocycles. The highest BCUT2D eigenvalue weighted by molar-refractivity contribution is 5.95. The predicted octanol–water partition coefficient (Wildman–Crippen LogP) is 0.719. The number of H-pyrrole nitrogens is 1. The number of hydrogen-bond acceptors (Lipinski definition) is 6.